The van der Waals surface area contributed by atoms with Gasteiger partial charge in [-0.15, -0.1) is 0 Å². The lowest BCUT2D eigenvalue weighted by molar-refractivity contribution is -0.146. The van der Waals surface area contributed by atoms with Gasteiger partial charge in [0.1, 0.15) is 5.75 Å². The molecule has 2 rings (SSSR count). The van der Waals surface area contributed by atoms with Gasteiger partial charge in [0.25, 0.3) is 0 Å². The molecule has 0 aromatic heterocycles. The number of rotatable bonds is 20. The number of hydrogen-bond acceptors (Lipinski definition) is 2. The van der Waals surface area contributed by atoms with Gasteiger partial charge in [-0.1, -0.05) is 146 Å². The van der Waals surface area contributed by atoms with Gasteiger partial charge in [0.2, 0.25) is 0 Å². The van der Waals surface area contributed by atoms with Gasteiger partial charge in [0.15, 0.2) is 0 Å². The predicted octanol–water partition coefficient (Wildman–Crippen LogP) is 10.5. The summed E-state index contributed by atoms with van der Waals surface area (Å²) in [6.07, 6.45) is 20.6. The summed E-state index contributed by atoms with van der Waals surface area (Å²) in [5.41, 5.74) is 2.13. The number of unbranched alkanes of at least 4 members (excludes halogenated alkanes) is 12. The first kappa shape index (κ1) is 30.1. The maximum absolute atomic E-state index is 13.4. The van der Waals surface area contributed by atoms with Crippen LogP contribution in [0.1, 0.15) is 135 Å². The second kappa shape index (κ2) is 18.2. The van der Waals surface area contributed by atoms with Crippen LogP contribution >= 0.6 is 0 Å². The standard InChI is InChI=1S/C34H52O2/c1-4-6-8-10-12-13-15-20-28-34(3,27-19-14-11-9-7-5-2)33(35)36-32-25-23-31(24-26-32)29-30-21-17-16-18-22-30/h16-18,21-26H,4-15,19-20,27-29H2,1-3H3. The Morgan fingerprint density at radius 1 is 0.611 bits per heavy atom. The van der Waals surface area contributed by atoms with Crippen molar-refractivity contribution >= 4 is 5.97 Å². The fourth-order valence-corrected chi connectivity index (χ4v) is 5.01. The predicted molar refractivity (Wildman–Crippen MR) is 155 cm³/mol. The summed E-state index contributed by atoms with van der Waals surface area (Å²) in [5, 5.41) is 0. The molecule has 0 saturated carbocycles. The lowest BCUT2D eigenvalue weighted by Crippen LogP contribution is -2.32. The van der Waals surface area contributed by atoms with Crippen LogP contribution in [0.25, 0.3) is 0 Å². The van der Waals surface area contributed by atoms with E-state index < -0.39 is 5.41 Å². The van der Waals surface area contributed by atoms with Crippen molar-refractivity contribution in [3.8, 4) is 5.75 Å². The first-order valence-electron chi connectivity index (χ1n) is 14.9. The van der Waals surface area contributed by atoms with E-state index in [0.29, 0.717) is 5.75 Å². The second-order valence-electron chi connectivity index (χ2n) is 11.0. The van der Waals surface area contributed by atoms with Crippen LogP contribution in [0.4, 0.5) is 0 Å². The number of benzene rings is 2. The summed E-state index contributed by atoms with van der Waals surface area (Å²) in [4.78, 5) is 13.4. The smallest absolute Gasteiger partial charge is 0.317 e. The van der Waals surface area contributed by atoms with E-state index in [9.17, 15) is 4.79 Å². The number of carbonyl (C=O) groups excluding carboxylic acids is 1. The van der Waals surface area contributed by atoms with Gasteiger partial charge in [-0.2, -0.15) is 0 Å². The maximum Gasteiger partial charge on any atom is 0.317 e. The Morgan fingerprint density at radius 2 is 1.06 bits per heavy atom. The summed E-state index contributed by atoms with van der Waals surface area (Å²) in [6.45, 7) is 6.67. The highest BCUT2D eigenvalue weighted by molar-refractivity contribution is 5.78. The molecule has 2 aromatic carbocycles. The van der Waals surface area contributed by atoms with Gasteiger partial charge in [-0.3, -0.25) is 4.79 Å². The summed E-state index contributed by atoms with van der Waals surface area (Å²) >= 11 is 0. The zero-order chi connectivity index (χ0) is 25.9. The van der Waals surface area contributed by atoms with Crippen LogP contribution < -0.4 is 4.74 Å². The van der Waals surface area contributed by atoms with Crippen molar-refractivity contribution in [3.05, 3.63) is 65.7 Å². The summed E-state index contributed by atoms with van der Waals surface area (Å²) < 4.78 is 5.96. The largest absolute Gasteiger partial charge is 0.426 e. The fraction of sp³-hybridized carbons (Fsp3) is 0.618. The molecule has 0 fully saturated rings. The van der Waals surface area contributed by atoms with Gasteiger partial charge in [-0.25, -0.2) is 0 Å². The molecule has 1 atom stereocenters. The van der Waals surface area contributed by atoms with Gasteiger partial charge in [0, 0.05) is 0 Å². The van der Waals surface area contributed by atoms with E-state index >= 15 is 0 Å². The molecular formula is C34H52O2. The molecule has 36 heavy (non-hydrogen) atoms. The van der Waals surface area contributed by atoms with Crippen LogP contribution in [-0.4, -0.2) is 5.97 Å². The molecule has 0 aliphatic heterocycles. The molecule has 1 unspecified atom stereocenters. The van der Waals surface area contributed by atoms with Crippen LogP contribution in [0.15, 0.2) is 54.6 Å². The lowest BCUT2D eigenvalue weighted by atomic mass is 9.79. The third-order valence-corrected chi connectivity index (χ3v) is 7.54. The average molecular weight is 493 g/mol. The Kier molecular flexibility index (Phi) is 15.2. The molecule has 0 bridgehead atoms. The number of carbonyl (C=O) groups is 1. The third-order valence-electron chi connectivity index (χ3n) is 7.54. The summed E-state index contributed by atoms with van der Waals surface area (Å²) in [5.74, 6) is 0.622. The Labute approximate surface area is 222 Å². The van der Waals surface area contributed by atoms with Crippen LogP contribution in [0.3, 0.4) is 0 Å². The second-order valence-corrected chi connectivity index (χ2v) is 11.0. The van der Waals surface area contributed by atoms with Crippen LogP contribution in [0, 0.1) is 5.41 Å². The normalized spacial score (nSPS) is 12.9. The van der Waals surface area contributed by atoms with Crippen LogP contribution in [0.2, 0.25) is 0 Å². The van der Waals surface area contributed by atoms with E-state index in [2.05, 4.69) is 57.2 Å². The molecule has 0 aliphatic rings. The molecule has 0 N–H and O–H groups in total. The molecule has 0 saturated heterocycles. The molecule has 2 heteroatoms. The minimum Gasteiger partial charge on any atom is -0.426 e. The summed E-state index contributed by atoms with van der Waals surface area (Å²) in [6, 6.07) is 18.6. The van der Waals surface area contributed by atoms with Gasteiger partial charge in [-0.05, 0) is 49.4 Å². The van der Waals surface area contributed by atoms with Gasteiger partial charge < -0.3 is 4.74 Å². The van der Waals surface area contributed by atoms with Gasteiger partial charge in [0.05, 0.1) is 5.41 Å². The Balaban J connectivity index is 1.87. The highest BCUT2D eigenvalue weighted by Gasteiger charge is 2.34. The van der Waals surface area contributed by atoms with E-state index in [1.54, 1.807) is 0 Å². The third kappa shape index (κ3) is 12.2. The molecule has 200 valence electrons. The van der Waals surface area contributed by atoms with E-state index in [0.717, 1.165) is 32.1 Å². The Hall–Kier alpha value is -2.09. The van der Waals surface area contributed by atoms with Crippen molar-refractivity contribution in [2.45, 2.75) is 130 Å². The van der Waals surface area contributed by atoms with Crippen LogP contribution in [-0.2, 0) is 11.2 Å². The lowest BCUT2D eigenvalue weighted by Gasteiger charge is -2.27. The topological polar surface area (TPSA) is 26.3 Å². The van der Waals surface area contributed by atoms with E-state index in [4.69, 9.17) is 4.74 Å². The highest BCUT2D eigenvalue weighted by atomic mass is 16.5. The first-order valence-corrected chi connectivity index (χ1v) is 14.9. The number of esters is 1. The summed E-state index contributed by atoms with van der Waals surface area (Å²) in [7, 11) is 0. The van der Waals surface area contributed by atoms with E-state index in [-0.39, 0.29) is 5.97 Å². The quantitative estimate of drug-likeness (QED) is 0.104. The molecule has 0 spiro atoms. The molecule has 2 nitrogen and oxygen atoms in total. The monoisotopic (exact) mass is 492 g/mol. The number of ether oxygens (including phenoxy) is 1. The molecule has 2 aromatic rings. The number of hydrogen-bond donors (Lipinski definition) is 0. The van der Waals surface area contributed by atoms with Crippen molar-refractivity contribution < 1.29 is 9.53 Å². The Bertz CT molecular complexity index is 811. The van der Waals surface area contributed by atoms with Gasteiger partial charge >= 0.3 is 5.97 Å². The maximum atomic E-state index is 13.4. The van der Waals surface area contributed by atoms with E-state index in [1.165, 1.54) is 88.2 Å². The highest BCUT2D eigenvalue weighted by Crippen LogP contribution is 2.34. The van der Waals surface area contributed by atoms with Crippen molar-refractivity contribution in [2.75, 3.05) is 0 Å². The SMILES string of the molecule is CCCCCCCCCCC(C)(CCCCCCCC)C(=O)Oc1ccc(Cc2ccccc2)cc1. The van der Waals surface area contributed by atoms with Crippen molar-refractivity contribution in [3.63, 3.8) is 0 Å². The van der Waals surface area contributed by atoms with Crippen molar-refractivity contribution in [1.29, 1.82) is 0 Å². The first-order chi connectivity index (χ1) is 17.6. The molecule has 0 heterocycles. The average Bonchev–Trinajstić information content (AvgIpc) is 2.89. The molecular weight excluding hydrogens is 440 g/mol. The van der Waals surface area contributed by atoms with Crippen molar-refractivity contribution in [2.24, 2.45) is 5.41 Å². The zero-order valence-electron chi connectivity index (χ0n) is 23.5. The minimum absolute atomic E-state index is 0.0465. The molecule has 0 amide bonds. The fourth-order valence-electron chi connectivity index (χ4n) is 5.01. The Morgan fingerprint density at radius 3 is 1.56 bits per heavy atom. The molecule has 0 radical (unpaired) electrons. The minimum atomic E-state index is -0.393. The van der Waals surface area contributed by atoms with Crippen molar-refractivity contribution in [1.82, 2.24) is 0 Å². The van der Waals surface area contributed by atoms with Crippen LogP contribution in [0.5, 0.6) is 5.75 Å². The zero-order valence-corrected chi connectivity index (χ0v) is 23.5. The molecule has 0 aliphatic carbocycles. The van der Waals surface area contributed by atoms with E-state index in [1.807, 2.05) is 18.2 Å².